The lowest BCUT2D eigenvalue weighted by Gasteiger charge is -2.30. The Kier molecular flexibility index (Phi) is 4.60. The van der Waals surface area contributed by atoms with Gasteiger partial charge >= 0.3 is 17.8 Å². The number of thioether (sulfide) groups is 2. The molecule has 4 aliphatic rings. The molecule has 2 atom stereocenters. The van der Waals surface area contributed by atoms with Crippen LogP contribution in [0.25, 0.3) is 9.81 Å². The highest BCUT2D eigenvalue weighted by Crippen LogP contribution is 2.69. The molecule has 1 nitrogen and oxygen atoms in total. The Morgan fingerprint density at radius 2 is 1.21 bits per heavy atom. The second-order valence-electron chi connectivity index (χ2n) is 8.60. The Balaban J connectivity index is 1.59. The monoisotopic (exact) mass is 508 g/mol. The lowest BCUT2D eigenvalue weighted by molar-refractivity contribution is -0.671. The number of pyridine rings is 1. The number of allylic oxidation sites excluding steroid dienone is 4. The number of aryl methyl sites for hydroxylation is 1. The minimum atomic E-state index is -5.52. The van der Waals surface area contributed by atoms with Gasteiger partial charge in [-0.2, -0.15) is 26.3 Å². The standard InChI is InChI=1S/C25H16F6NS2/c1-32-9-5-8-14(12-32)18-11-16-20-19(23(26,27)25(30,31)24(20,28)29)15-10-17(13-6-3-2-4-7-13)33-21(15)22(16)34-18/h2-12,21-22H,1H3/q+1/t21-,22-/m1/s1. The van der Waals surface area contributed by atoms with Crippen LogP contribution >= 0.6 is 23.5 Å². The van der Waals surface area contributed by atoms with E-state index < -0.39 is 39.4 Å². The lowest BCUT2D eigenvalue weighted by atomic mass is 9.84. The van der Waals surface area contributed by atoms with Gasteiger partial charge in [0, 0.05) is 27.0 Å². The smallest absolute Gasteiger partial charge is 0.207 e. The van der Waals surface area contributed by atoms with Crippen LogP contribution in [-0.4, -0.2) is 28.3 Å². The molecule has 0 radical (unpaired) electrons. The van der Waals surface area contributed by atoms with Crippen LogP contribution in [0.1, 0.15) is 11.1 Å². The summed E-state index contributed by atoms with van der Waals surface area (Å²) in [5.41, 5.74) is -1.26. The second-order valence-corrected chi connectivity index (χ2v) is 11.0. The van der Waals surface area contributed by atoms with Crippen molar-refractivity contribution in [1.82, 2.24) is 0 Å². The van der Waals surface area contributed by atoms with E-state index in [4.69, 9.17) is 0 Å². The number of fused-ring (bicyclic) bond motifs is 4. The molecule has 3 heterocycles. The van der Waals surface area contributed by atoms with Crippen molar-refractivity contribution in [2.75, 3.05) is 0 Å². The van der Waals surface area contributed by atoms with Gasteiger partial charge in [0.1, 0.15) is 7.05 Å². The molecule has 2 aliphatic heterocycles. The molecular formula is C25H16F6NS2+. The zero-order valence-corrected chi connectivity index (χ0v) is 19.2. The van der Waals surface area contributed by atoms with Gasteiger partial charge in [-0.1, -0.05) is 30.3 Å². The third-order valence-corrected chi connectivity index (χ3v) is 9.44. The number of aromatic nitrogens is 1. The van der Waals surface area contributed by atoms with Crippen LogP contribution in [-0.2, 0) is 7.05 Å². The third kappa shape index (κ3) is 2.77. The Morgan fingerprint density at radius 3 is 1.74 bits per heavy atom. The second kappa shape index (κ2) is 7.07. The minimum Gasteiger partial charge on any atom is -0.207 e. The summed E-state index contributed by atoms with van der Waals surface area (Å²) < 4.78 is 91.2. The molecule has 1 aromatic heterocycles. The predicted octanol–water partition coefficient (Wildman–Crippen LogP) is 6.65. The number of alkyl halides is 6. The number of hydrogen-bond acceptors (Lipinski definition) is 2. The molecule has 0 amide bonds. The van der Waals surface area contributed by atoms with Crippen molar-refractivity contribution in [2.45, 2.75) is 28.3 Å². The van der Waals surface area contributed by atoms with E-state index in [1.807, 2.05) is 0 Å². The first kappa shape index (κ1) is 22.1. The molecule has 0 N–H and O–H groups in total. The molecule has 6 rings (SSSR count). The Bertz CT molecular complexity index is 1360. The summed E-state index contributed by atoms with van der Waals surface area (Å²) in [7, 11) is 1.80. The van der Waals surface area contributed by atoms with E-state index in [2.05, 4.69) is 0 Å². The highest BCUT2D eigenvalue weighted by Gasteiger charge is 2.83. The number of rotatable bonds is 2. The van der Waals surface area contributed by atoms with Crippen molar-refractivity contribution >= 4 is 33.3 Å². The summed E-state index contributed by atoms with van der Waals surface area (Å²) in [6.45, 7) is 0. The SMILES string of the molecule is C[n+]1cccc(C2=CC3=C4C(=C5C=C(c6ccccc6)S[C@H]5[C@@H]3S2)C(F)(F)C(F)(F)C4(F)F)c1. The van der Waals surface area contributed by atoms with Crippen LogP contribution in [0.2, 0.25) is 0 Å². The van der Waals surface area contributed by atoms with Gasteiger partial charge in [-0.05, 0) is 34.9 Å². The van der Waals surface area contributed by atoms with Crippen LogP contribution in [0.15, 0.2) is 89.3 Å². The number of halogens is 6. The first-order valence-electron chi connectivity index (χ1n) is 10.4. The Labute approximate surface area is 199 Å². The topological polar surface area (TPSA) is 3.88 Å². The van der Waals surface area contributed by atoms with Crippen molar-refractivity contribution in [3.8, 4) is 0 Å². The van der Waals surface area contributed by atoms with Gasteiger partial charge in [-0.15, -0.1) is 23.5 Å². The molecule has 174 valence electrons. The van der Waals surface area contributed by atoms with Gasteiger partial charge < -0.3 is 0 Å². The molecule has 0 spiro atoms. The normalized spacial score (nSPS) is 27.9. The highest BCUT2D eigenvalue weighted by atomic mass is 32.2. The predicted molar refractivity (Wildman–Crippen MR) is 122 cm³/mol. The molecule has 0 unspecified atom stereocenters. The van der Waals surface area contributed by atoms with Crippen molar-refractivity contribution in [1.29, 1.82) is 0 Å². The van der Waals surface area contributed by atoms with Gasteiger partial charge in [-0.3, -0.25) is 0 Å². The maximum absolute atomic E-state index is 15.1. The average Bonchev–Trinajstić information content (AvgIpc) is 3.45. The molecule has 1 fully saturated rings. The average molecular weight is 509 g/mol. The highest BCUT2D eigenvalue weighted by molar-refractivity contribution is 8.13. The van der Waals surface area contributed by atoms with Crippen molar-refractivity contribution in [3.63, 3.8) is 0 Å². The summed E-state index contributed by atoms with van der Waals surface area (Å²) >= 11 is 2.52. The molecule has 34 heavy (non-hydrogen) atoms. The van der Waals surface area contributed by atoms with E-state index >= 15 is 17.6 Å². The number of nitrogens with zero attached hydrogens (tertiary/aromatic N) is 1. The van der Waals surface area contributed by atoms with E-state index in [0.717, 1.165) is 5.56 Å². The van der Waals surface area contributed by atoms with Gasteiger partial charge in [0.15, 0.2) is 12.4 Å². The van der Waals surface area contributed by atoms with E-state index in [-0.39, 0.29) is 11.1 Å². The van der Waals surface area contributed by atoms with Gasteiger partial charge in [0.2, 0.25) is 0 Å². The summed E-state index contributed by atoms with van der Waals surface area (Å²) in [6.07, 6.45) is 6.36. The molecule has 1 aromatic carbocycles. The third-order valence-electron chi connectivity index (χ3n) is 6.50. The van der Waals surface area contributed by atoms with Crippen molar-refractivity contribution in [2.24, 2.45) is 7.05 Å². The van der Waals surface area contributed by atoms with Gasteiger partial charge in [0.05, 0.1) is 16.1 Å². The summed E-state index contributed by atoms with van der Waals surface area (Å²) in [6, 6.07) is 12.5. The molecule has 9 heteroatoms. The van der Waals surface area contributed by atoms with Crippen LogP contribution in [0, 0.1) is 0 Å². The Hall–Kier alpha value is -2.39. The molecule has 2 aromatic rings. The largest absolute Gasteiger partial charge is 0.380 e. The van der Waals surface area contributed by atoms with Crippen LogP contribution < -0.4 is 4.57 Å². The van der Waals surface area contributed by atoms with Crippen LogP contribution in [0.5, 0.6) is 0 Å². The zero-order valence-electron chi connectivity index (χ0n) is 17.5. The van der Waals surface area contributed by atoms with Gasteiger partial charge in [-0.25, -0.2) is 4.57 Å². The van der Waals surface area contributed by atoms with Gasteiger partial charge in [0.25, 0.3) is 0 Å². The zero-order chi connectivity index (χ0) is 24.0. The fourth-order valence-electron chi connectivity index (χ4n) is 4.91. The van der Waals surface area contributed by atoms with Crippen molar-refractivity contribution in [3.05, 3.63) is 100 Å². The fourth-order valence-corrected chi connectivity index (χ4v) is 7.87. The van der Waals surface area contributed by atoms with Crippen LogP contribution in [0.4, 0.5) is 26.3 Å². The molecule has 0 saturated heterocycles. The molecule has 2 aliphatic carbocycles. The maximum atomic E-state index is 15.1. The van der Waals surface area contributed by atoms with E-state index in [1.165, 1.54) is 35.7 Å². The van der Waals surface area contributed by atoms with E-state index in [9.17, 15) is 8.78 Å². The number of benzene rings is 1. The number of hydrogen-bond donors (Lipinski definition) is 0. The molecule has 1 saturated carbocycles. The van der Waals surface area contributed by atoms with E-state index in [0.29, 0.717) is 15.4 Å². The Morgan fingerprint density at radius 1 is 0.706 bits per heavy atom. The summed E-state index contributed by atoms with van der Waals surface area (Å²) in [5, 5.41) is -1.37. The fraction of sp³-hybridized carbons (Fsp3) is 0.240. The van der Waals surface area contributed by atoms with E-state index in [1.54, 1.807) is 66.5 Å². The van der Waals surface area contributed by atoms with Crippen LogP contribution in [0.3, 0.4) is 0 Å². The minimum absolute atomic E-state index is 0.129. The quantitative estimate of drug-likeness (QED) is 0.330. The van der Waals surface area contributed by atoms with Crippen molar-refractivity contribution < 1.29 is 30.9 Å². The summed E-state index contributed by atoms with van der Waals surface area (Å²) in [5.74, 6) is -15.5. The lowest BCUT2D eigenvalue weighted by Crippen LogP contribution is -2.47. The summed E-state index contributed by atoms with van der Waals surface area (Å²) in [4.78, 5) is 1.19. The molecule has 0 bridgehead atoms. The maximum Gasteiger partial charge on any atom is 0.380 e. The first-order chi connectivity index (χ1) is 16.0. The molecular weight excluding hydrogens is 492 g/mol. The first-order valence-corrected chi connectivity index (χ1v) is 12.2.